The Morgan fingerprint density at radius 3 is 2.60 bits per heavy atom. The second-order valence-electron chi connectivity index (χ2n) is 4.74. The zero-order chi connectivity index (χ0) is 14.2. The maximum Gasteiger partial charge on any atom is 0.257 e. The van der Waals surface area contributed by atoms with Crippen molar-refractivity contribution >= 4 is 17.5 Å². The first-order chi connectivity index (χ1) is 9.75. The van der Waals surface area contributed by atoms with Gasteiger partial charge in [-0.15, -0.1) is 0 Å². The fourth-order valence-electron chi connectivity index (χ4n) is 2.05. The van der Waals surface area contributed by atoms with E-state index in [1.807, 2.05) is 36.4 Å². The van der Waals surface area contributed by atoms with Gasteiger partial charge in [0.15, 0.2) is 0 Å². The lowest BCUT2D eigenvalue weighted by atomic mass is 9.94. The van der Waals surface area contributed by atoms with Gasteiger partial charge in [-0.2, -0.15) is 0 Å². The first-order valence-electron chi connectivity index (χ1n) is 6.78. The van der Waals surface area contributed by atoms with E-state index >= 15 is 0 Å². The summed E-state index contributed by atoms with van der Waals surface area (Å²) in [5, 5.41) is 2.97. The summed E-state index contributed by atoms with van der Waals surface area (Å²) >= 11 is 0. The Balaban J connectivity index is 1.67. The minimum atomic E-state index is -0.270. The SMILES string of the molecule is O=C(CNc1ccccc1)NNC(=O)[C@H]1CC=CCC1. The molecule has 5 nitrogen and oxygen atoms in total. The van der Waals surface area contributed by atoms with Gasteiger partial charge in [-0.25, -0.2) is 0 Å². The van der Waals surface area contributed by atoms with E-state index in [1.165, 1.54) is 0 Å². The van der Waals surface area contributed by atoms with Crippen LogP contribution in [0.2, 0.25) is 0 Å². The van der Waals surface area contributed by atoms with Crippen molar-refractivity contribution in [2.24, 2.45) is 5.92 Å². The summed E-state index contributed by atoms with van der Waals surface area (Å²) in [4.78, 5) is 23.4. The average Bonchev–Trinajstić information content (AvgIpc) is 2.52. The van der Waals surface area contributed by atoms with Crippen LogP contribution in [0.15, 0.2) is 42.5 Å². The molecular weight excluding hydrogens is 254 g/mol. The molecule has 0 unspecified atom stereocenters. The molecule has 1 aliphatic rings. The number of carbonyl (C=O) groups excluding carboxylic acids is 2. The molecule has 1 atom stereocenters. The van der Waals surface area contributed by atoms with Crippen molar-refractivity contribution in [2.75, 3.05) is 11.9 Å². The third kappa shape index (κ3) is 4.42. The van der Waals surface area contributed by atoms with Gasteiger partial charge < -0.3 is 5.32 Å². The molecule has 0 spiro atoms. The predicted octanol–water partition coefficient (Wildman–Crippen LogP) is 1.60. The number of hydrazine groups is 1. The van der Waals surface area contributed by atoms with Crippen molar-refractivity contribution in [3.63, 3.8) is 0 Å². The normalized spacial score (nSPS) is 17.3. The summed E-state index contributed by atoms with van der Waals surface area (Å²) < 4.78 is 0. The van der Waals surface area contributed by atoms with Gasteiger partial charge in [-0.3, -0.25) is 20.4 Å². The summed E-state index contributed by atoms with van der Waals surface area (Å²) in [6.07, 6.45) is 6.57. The molecule has 0 fully saturated rings. The fraction of sp³-hybridized carbons (Fsp3) is 0.333. The van der Waals surface area contributed by atoms with Gasteiger partial charge >= 0.3 is 0 Å². The van der Waals surface area contributed by atoms with E-state index in [9.17, 15) is 9.59 Å². The predicted molar refractivity (Wildman–Crippen MR) is 77.7 cm³/mol. The number of amides is 2. The molecule has 0 radical (unpaired) electrons. The Kier molecular flexibility index (Phi) is 5.17. The van der Waals surface area contributed by atoms with Crippen molar-refractivity contribution in [2.45, 2.75) is 19.3 Å². The van der Waals surface area contributed by atoms with Gasteiger partial charge in [-0.05, 0) is 31.4 Å². The van der Waals surface area contributed by atoms with E-state index in [0.717, 1.165) is 24.9 Å². The van der Waals surface area contributed by atoms with Gasteiger partial charge in [0.2, 0.25) is 5.91 Å². The summed E-state index contributed by atoms with van der Waals surface area (Å²) in [6, 6.07) is 9.43. The lowest BCUT2D eigenvalue weighted by Crippen LogP contribution is -2.46. The second kappa shape index (κ2) is 7.33. The molecule has 1 aliphatic carbocycles. The van der Waals surface area contributed by atoms with E-state index in [4.69, 9.17) is 0 Å². The van der Waals surface area contributed by atoms with Crippen molar-refractivity contribution in [1.29, 1.82) is 0 Å². The zero-order valence-electron chi connectivity index (χ0n) is 11.3. The second-order valence-corrected chi connectivity index (χ2v) is 4.74. The summed E-state index contributed by atoms with van der Waals surface area (Å²) in [5.41, 5.74) is 5.77. The number of anilines is 1. The standard InChI is InChI=1S/C15H19N3O2/c19-14(11-16-13-9-5-2-6-10-13)17-18-15(20)12-7-3-1-4-8-12/h1-3,5-6,9-10,12,16H,4,7-8,11H2,(H,17,19)(H,18,20)/t12-/m0/s1. The van der Waals surface area contributed by atoms with Crippen LogP contribution in [0.5, 0.6) is 0 Å². The number of hydrogen-bond donors (Lipinski definition) is 3. The molecule has 1 aromatic carbocycles. The van der Waals surface area contributed by atoms with Gasteiger partial charge in [-0.1, -0.05) is 30.4 Å². The summed E-state index contributed by atoms with van der Waals surface area (Å²) in [7, 11) is 0. The summed E-state index contributed by atoms with van der Waals surface area (Å²) in [6.45, 7) is 0.120. The average molecular weight is 273 g/mol. The lowest BCUT2D eigenvalue weighted by Gasteiger charge is -2.17. The van der Waals surface area contributed by atoms with E-state index in [0.29, 0.717) is 0 Å². The minimum absolute atomic E-state index is 0.0395. The Morgan fingerprint density at radius 1 is 1.10 bits per heavy atom. The van der Waals surface area contributed by atoms with Crippen LogP contribution >= 0.6 is 0 Å². The topological polar surface area (TPSA) is 70.2 Å². The van der Waals surface area contributed by atoms with E-state index in [1.54, 1.807) is 0 Å². The number of carbonyl (C=O) groups is 2. The van der Waals surface area contributed by atoms with Gasteiger partial charge in [0.25, 0.3) is 5.91 Å². The third-order valence-electron chi connectivity index (χ3n) is 3.19. The molecule has 0 bridgehead atoms. The van der Waals surface area contributed by atoms with Crippen LogP contribution < -0.4 is 16.2 Å². The molecular formula is C15H19N3O2. The van der Waals surface area contributed by atoms with Crippen molar-refractivity contribution in [1.82, 2.24) is 10.9 Å². The van der Waals surface area contributed by atoms with Crippen LogP contribution in [-0.4, -0.2) is 18.4 Å². The lowest BCUT2D eigenvalue weighted by molar-refractivity contribution is -0.130. The van der Waals surface area contributed by atoms with E-state index in [-0.39, 0.29) is 24.3 Å². The van der Waals surface area contributed by atoms with Crippen LogP contribution in [0.4, 0.5) is 5.69 Å². The van der Waals surface area contributed by atoms with Crippen molar-refractivity contribution in [3.8, 4) is 0 Å². The van der Waals surface area contributed by atoms with E-state index < -0.39 is 0 Å². The molecule has 0 saturated carbocycles. The Bertz CT molecular complexity index is 485. The molecule has 1 aromatic rings. The van der Waals surface area contributed by atoms with Crippen LogP contribution in [0.25, 0.3) is 0 Å². The number of para-hydroxylation sites is 1. The van der Waals surface area contributed by atoms with Crippen LogP contribution in [0, 0.1) is 5.92 Å². The minimum Gasteiger partial charge on any atom is -0.376 e. The number of nitrogens with one attached hydrogen (secondary N) is 3. The van der Waals surface area contributed by atoms with Crippen molar-refractivity contribution in [3.05, 3.63) is 42.5 Å². The summed E-state index contributed by atoms with van der Waals surface area (Å²) in [5.74, 6) is -0.432. The zero-order valence-corrected chi connectivity index (χ0v) is 11.3. The fourth-order valence-corrected chi connectivity index (χ4v) is 2.05. The highest BCUT2D eigenvalue weighted by molar-refractivity contribution is 5.85. The molecule has 0 aliphatic heterocycles. The number of rotatable bonds is 4. The first kappa shape index (κ1) is 14.1. The molecule has 0 aromatic heterocycles. The first-order valence-corrected chi connectivity index (χ1v) is 6.78. The molecule has 0 heterocycles. The molecule has 2 rings (SSSR count). The Labute approximate surface area is 118 Å². The molecule has 2 amide bonds. The maximum atomic E-state index is 11.8. The number of benzene rings is 1. The highest BCUT2D eigenvalue weighted by Crippen LogP contribution is 2.17. The monoisotopic (exact) mass is 273 g/mol. The van der Waals surface area contributed by atoms with Crippen molar-refractivity contribution < 1.29 is 9.59 Å². The molecule has 0 saturated heterocycles. The third-order valence-corrected chi connectivity index (χ3v) is 3.19. The highest BCUT2D eigenvalue weighted by Gasteiger charge is 2.18. The molecule has 106 valence electrons. The van der Waals surface area contributed by atoms with Crippen LogP contribution in [0.3, 0.4) is 0 Å². The van der Waals surface area contributed by atoms with Gasteiger partial charge in [0.1, 0.15) is 0 Å². The molecule has 5 heteroatoms. The highest BCUT2D eigenvalue weighted by atomic mass is 16.2. The quantitative estimate of drug-likeness (QED) is 0.576. The number of hydrogen-bond acceptors (Lipinski definition) is 3. The maximum absolute atomic E-state index is 11.8. The van der Waals surface area contributed by atoms with Gasteiger partial charge in [0.05, 0.1) is 6.54 Å². The van der Waals surface area contributed by atoms with E-state index in [2.05, 4.69) is 22.2 Å². The Morgan fingerprint density at radius 2 is 1.90 bits per heavy atom. The van der Waals surface area contributed by atoms with Crippen LogP contribution in [0.1, 0.15) is 19.3 Å². The largest absolute Gasteiger partial charge is 0.376 e. The smallest absolute Gasteiger partial charge is 0.257 e. The molecule has 20 heavy (non-hydrogen) atoms. The number of allylic oxidation sites excluding steroid dienone is 2. The van der Waals surface area contributed by atoms with Gasteiger partial charge in [0, 0.05) is 11.6 Å². The van der Waals surface area contributed by atoms with Crippen LogP contribution in [-0.2, 0) is 9.59 Å². The molecule has 3 N–H and O–H groups in total. The Hall–Kier alpha value is -2.30.